The molecule has 0 saturated carbocycles. The summed E-state index contributed by atoms with van der Waals surface area (Å²) >= 11 is 0. The van der Waals surface area contributed by atoms with Gasteiger partial charge in [-0.15, -0.1) is 0 Å². The van der Waals surface area contributed by atoms with Crippen LogP contribution in [-0.2, 0) is 21.4 Å². The molecular weight excluding hydrogens is 498 g/mol. The molecule has 0 radical (unpaired) electrons. The molecule has 1 aromatic heterocycles. The van der Waals surface area contributed by atoms with E-state index in [0.717, 1.165) is 0 Å². The van der Waals surface area contributed by atoms with Crippen molar-refractivity contribution in [2.45, 2.75) is 13.2 Å². The first-order valence-electron chi connectivity index (χ1n) is 10.3. The molecule has 13 heteroatoms. The van der Waals surface area contributed by atoms with Crippen molar-refractivity contribution in [2.24, 2.45) is 0 Å². The summed E-state index contributed by atoms with van der Waals surface area (Å²) in [5.74, 6) is -0.908. The predicted octanol–water partition coefficient (Wildman–Crippen LogP) is 3.93. The first-order valence-corrected chi connectivity index (χ1v) is 11.7. The highest BCUT2D eigenvalue weighted by Crippen LogP contribution is 2.37. The van der Waals surface area contributed by atoms with Crippen LogP contribution in [0.4, 0.5) is 25.1 Å². The van der Waals surface area contributed by atoms with Gasteiger partial charge in [0.05, 0.1) is 6.54 Å². The molecule has 36 heavy (non-hydrogen) atoms. The summed E-state index contributed by atoms with van der Waals surface area (Å²) in [4.78, 5) is 27.7. The van der Waals surface area contributed by atoms with Crippen LogP contribution in [0.25, 0.3) is 4.91 Å². The highest BCUT2D eigenvalue weighted by atomic mass is 32.2. The van der Waals surface area contributed by atoms with Gasteiger partial charge in [0.15, 0.2) is 0 Å². The normalized spacial score (nSPS) is 14.8. The van der Waals surface area contributed by atoms with Crippen LogP contribution in [0.1, 0.15) is 11.1 Å². The van der Waals surface area contributed by atoms with Crippen LogP contribution in [0.3, 0.4) is 0 Å². The van der Waals surface area contributed by atoms with E-state index in [0.29, 0.717) is 9.87 Å². The molecule has 0 atom stereocenters. The Morgan fingerprint density at radius 1 is 1.06 bits per heavy atom. The molecule has 4 rings (SSSR count). The third kappa shape index (κ3) is 5.25. The average Bonchev–Trinajstić information content (AvgIpc) is 3.01. The molecular formula is C23H18F2N4O6S. The van der Waals surface area contributed by atoms with E-state index in [2.05, 4.69) is 20.4 Å². The number of nitrogens with zero attached hydrogens (tertiary/aromatic N) is 2. The van der Waals surface area contributed by atoms with Crippen molar-refractivity contribution < 1.29 is 36.6 Å². The van der Waals surface area contributed by atoms with E-state index in [9.17, 15) is 26.8 Å². The molecule has 0 bridgehead atoms. The number of sulfonamides is 1. The van der Waals surface area contributed by atoms with Gasteiger partial charge in [-0.05, 0) is 41.5 Å². The van der Waals surface area contributed by atoms with E-state index >= 15 is 0 Å². The fourth-order valence-electron chi connectivity index (χ4n) is 3.45. The largest absolute Gasteiger partial charge is 0.465 e. The fraction of sp³-hybridized carbons (Fsp3) is 0.0870. The van der Waals surface area contributed by atoms with Gasteiger partial charge in [0.1, 0.15) is 22.2 Å². The van der Waals surface area contributed by atoms with Gasteiger partial charge in [-0.3, -0.25) is 10.1 Å². The minimum absolute atomic E-state index is 0.0339. The second kappa shape index (κ2) is 10.00. The number of nitrogens with one attached hydrogen (secondary N) is 2. The number of pyridine rings is 1. The summed E-state index contributed by atoms with van der Waals surface area (Å²) in [7, 11) is -4.31. The molecule has 0 unspecified atom stereocenters. The van der Waals surface area contributed by atoms with Gasteiger partial charge >= 0.3 is 12.7 Å². The van der Waals surface area contributed by atoms with Gasteiger partial charge in [0.2, 0.25) is 0 Å². The van der Waals surface area contributed by atoms with Crippen molar-refractivity contribution in [2.75, 3.05) is 10.6 Å². The molecule has 0 spiro atoms. The number of rotatable bonds is 8. The number of amides is 2. The number of carbonyl (C=O) groups is 2. The summed E-state index contributed by atoms with van der Waals surface area (Å²) in [6, 6.07) is 16.0. The van der Waals surface area contributed by atoms with E-state index in [-0.39, 0.29) is 40.0 Å². The lowest BCUT2D eigenvalue weighted by atomic mass is 10.1. The van der Waals surface area contributed by atoms with Crippen molar-refractivity contribution >= 4 is 38.4 Å². The Hall–Kier alpha value is -4.52. The quantitative estimate of drug-likeness (QED) is 0.410. The number of carbonyl (C=O) groups excluding carboxylic acids is 1. The van der Waals surface area contributed by atoms with Crippen molar-refractivity contribution in [1.82, 2.24) is 9.29 Å². The standard InChI is InChI=1S/C23H18F2N4O6S/c24-22(25)35-17-9-7-16(8-10-17)27-19-20(15-4-2-1-3-5-15)36(33,34)29(21(19)30)13-14-6-11-18(26-12-14)28-23(31)32/h1-12,22,27H,13H2,(H,26,28)(H,31,32). The zero-order valence-electron chi connectivity index (χ0n) is 18.3. The number of halogens is 2. The lowest BCUT2D eigenvalue weighted by molar-refractivity contribution is -0.122. The van der Waals surface area contributed by atoms with Gasteiger partial charge in [0.25, 0.3) is 15.9 Å². The van der Waals surface area contributed by atoms with Gasteiger partial charge in [-0.1, -0.05) is 36.4 Å². The summed E-state index contributed by atoms with van der Waals surface area (Å²) in [5, 5.41) is 13.6. The SMILES string of the molecule is O=C(O)Nc1ccc(CN2C(=O)C(Nc3ccc(OC(F)F)cc3)=C(c3ccccc3)S2(=O)=O)cn1. The number of hydrogen-bond acceptors (Lipinski definition) is 7. The van der Waals surface area contributed by atoms with E-state index in [1.807, 2.05) is 0 Å². The summed E-state index contributed by atoms with van der Waals surface area (Å²) in [6.45, 7) is -3.36. The number of alkyl halides is 2. The van der Waals surface area contributed by atoms with E-state index in [4.69, 9.17) is 5.11 Å². The van der Waals surface area contributed by atoms with Crippen LogP contribution in [0.15, 0.2) is 78.6 Å². The van der Waals surface area contributed by atoms with E-state index < -0.39 is 28.6 Å². The topological polar surface area (TPSA) is 138 Å². The van der Waals surface area contributed by atoms with Gasteiger partial charge in [-0.25, -0.2) is 22.5 Å². The number of anilines is 2. The maximum Gasteiger partial charge on any atom is 0.410 e. The molecule has 3 aromatic rings. The highest BCUT2D eigenvalue weighted by Gasteiger charge is 2.44. The lowest BCUT2D eigenvalue weighted by Gasteiger charge is -2.16. The number of carboxylic acid groups (broad SMARTS) is 1. The molecule has 186 valence electrons. The first kappa shape index (κ1) is 24.6. The molecule has 3 N–H and O–H groups in total. The van der Waals surface area contributed by atoms with Crippen LogP contribution >= 0.6 is 0 Å². The molecule has 10 nitrogen and oxygen atoms in total. The Bertz CT molecular complexity index is 1410. The van der Waals surface area contributed by atoms with Crippen LogP contribution in [0.5, 0.6) is 5.75 Å². The second-order valence-electron chi connectivity index (χ2n) is 7.40. The zero-order chi connectivity index (χ0) is 25.9. The second-order valence-corrected chi connectivity index (χ2v) is 9.20. The zero-order valence-corrected chi connectivity index (χ0v) is 19.1. The Balaban J connectivity index is 1.67. The van der Waals surface area contributed by atoms with Crippen molar-refractivity contribution in [3.8, 4) is 5.75 Å². The summed E-state index contributed by atoms with van der Waals surface area (Å²) in [5.41, 5.74) is 0.662. The molecule has 2 amide bonds. The molecule has 0 aliphatic carbocycles. The Morgan fingerprint density at radius 2 is 1.75 bits per heavy atom. The molecule has 0 saturated heterocycles. The van der Waals surface area contributed by atoms with E-state index in [1.165, 1.54) is 42.6 Å². The van der Waals surface area contributed by atoms with Crippen molar-refractivity contribution in [3.05, 3.63) is 89.8 Å². The number of benzene rings is 2. The smallest absolute Gasteiger partial charge is 0.410 e. The Kier molecular flexibility index (Phi) is 6.83. The Morgan fingerprint density at radius 3 is 2.33 bits per heavy atom. The number of hydrogen-bond donors (Lipinski definition) is 3. The maximum atomic E-state index is 13.5. The summed E-state index contributed by atoms with van der Waals surface area (Å²) < 4.78 is 56.8. The summed E-state index contributed by atoms with van der Waals surface area (Å²) in [6.07, 6.45) is -0.0579. The minimum Gasteiger partial charge on any atom is -0.465 e. The third-order valence-electron chi connectivity index (χ3n) is 4.99. The van der Waals surface area contributed by atoms with Crippen LogP contribution < -0.4 is 15.4 Å². The fourth-order valence-corrected chi connectivity index (χ4v) is 5.13. The van der Waals surface area contributed by atoms with Gasteiger partial charge in [-0.2, -0.15) is 8.78 Å². The molecule has 2 aromatic carbocycles. The molecule has 2 heterocycles. The average molecular weight is 516 g/mol. The highest BCUT2D eigenvalue weighted by molar-refractivity contribution is 7.99. The molecule has 0 fully saturated rings. The minimum atomic E-state index is -4.31. The molecule has 1 aliphatic heterocycles. The van der Waals surface area contributed by atoms with Crippen LogP contribution in [-0.4, -0.2) is 41.4 Å². The third-order valence-corrected chi connectivity index (χ3v) is 6.82. The van der Waals surface area contributed by atoms with Crippen LogP contribution in [0.2, 0.25) is 0 Å². The lowest BCUT2D eigenvalue weighted by Crippen LogP contribution is -2.32. The Labute approximate surface area is 203 Å². The van der Waals surface area contributed by atoms with Gasteiger partial charge < -0.3 is 15.2 Å². The van der Waals surface area contributed by atoms with Crippen molar-refractivity contribution in [3.63, 3.8) is 0 Å². The first-order chi connectivity index (χ1) is 17.1. The van der Waals surface area contributed by atoms with Crippen molar-refractivity contribution in [1.29, 1.82) is 0 Å². The van der Waals surface area contributed by atoms with Crippen LogP contribution in [0, 0.1) is 0 Å². The monoisotopic (exact) mass is 516 g/mol. The van der Waals surface area contributed by atoms with Gasteiger partial charge in [0, 0.05) is 11.9 Å². The number of ether oxygens (including phenoxy) is 1. The molecule has 1 aliphatic rings. The van der Waals surface area contributed by atoms with E-state index in [1.54, 1.807) is 30.3 Å². The maximum absolute atomic E-state index is 13.5. The number of aromatic nitrogens is 1. The predicted molar refractivity (Wildman–Crippen MR) is 125 cm³/mol.